The first-order valence-electron chi connectivity index (χ1n) is 7.58. The van der Waals surface area contributed by atoms with Gasteiger partial charge in [0.05, 0.1) is 18.0 Å². The van der Waals surface area contributed by atoms with E-state index in [0.717, 1.165) is 4.88 Å². The Morgan fingerprint density at radius 1 is 1.33 bits per heavy atom. The van der Waals surface area contributed by atoms with Crippen LogP contribution in [-0.2, 0) is 6.54 Å². The number of thiophene rings is 1. The lowest BCUT2D eigenvalue weighted by Gasteiger charge is -2.32. The average Bonchev–Trinajstić information content (AvgIpc) is 3.19. The number of rotatable bonds is 6. The van der Waals surface area contributed by atoms with Crippen molar-refractivity contribution in [1.29, 1.82) is 0 Å². The number of hydrogen-bond acceptors (Lipinski definition) is 6. The topological polar surface area (TPSA) is 62.4 Å². The van der Waals surface area contributed by atoms with E-state index < -0.39 is 0 Å². The zero-order valence-electron chi connectivity index (χ0n) is 12.1. The summed E-state index contributed by atoms with van der Waals surface area (Å²) < 4.78 is 5.34. The summed E-state index contributed by atoms with van der Waals surface area (Å²) in [7, 11) is 0. The lowest BCUT2D eigenvalue weighted by Crippen LogP contribution is -2.38. The zero-order chi connectivity index (χ0) is 14.5. The highest BCUT2D eigenvalue weighted by Crippen LogP contribution is 2.25. The van der Waals surface area contributed by atoms with Crippen LogP contribution in [0.4, 0.5) is 0 Å². The maximum Gasteiger partial charge on any atom is 0.268 e. The zero-order valence-corrected chi connectivity index (χ0v) is 12.9. The van der Waals surface area contributed by atoms with Gasteiger partial charge in [-0.05, 0) is 24.3 Å². The number of aliphatic hydroxyl groups excluding tert-OH is 1. The molecule has 1 saturated carbocycles. The van der Waals surface area contributed by atoms with Gasteiger partial charge in [-0.2, -0.15) is 4.98 Å². The molecule has 2 heterocycles. The van der Waals surface area contributed by atoms with Crippen LogP contribution in [0.3, 0.4) is 0 Å². The maximum absolute atomic E-state index is 9.30. The first-order chi connectivity index (χ1) is 10.4. The van der Waals surface area contributed by atoms with Crippen LogP contribution in [0.15, 0.2) is 22.0 Å². The van der Waals surface area contributed by atoms with Gasteiger partial charge in [-0.3, -0.25) is 4.90 Å². The van der Waals surface area contributed by atoms with Crippen molar-refractivity contribution >= 4 is 11.3 Å². The Morgan fingerprint density at radius 2 is 2.19 bits per heavy atom. The molecule has 21 heavy (non-hydrogen) atoms. The molecule has 0 aliphatic heterocycles. The number of aliphatic hydroxyl groups is 1. The van der Waals surface area contributed by atoms with E-state index >= 15 is 0 Å². The number of hydrogen-bond donors (Lipinski definition) is 1. The van der Waals surface area contributed by atoms with E-state index in [4.69, 9.17) is 4.52 Å². The van der Waals surface area contributed by atoms with Gasteiger partial charge in [0.1, 0.15) is 0 Å². The molecule has 6 heteroatoms. The van der Waals surface area contributed by atoms with Crippen molar-refractivity contribution in [3.63, 3.8) is 0 Å². The van der Waals surface area contributed by atoms with E-state index in [1.807, 2.05) is 17.5 Å². The number of aromatic nitrogens is 2. The molecule has 3 rings (SSSR count). The summed E-state index contributed by atoms with van der Waals surface area (Å²) in [5.74, 6) is 1.30. The van der Waals surface area contributed by atoms with Crippen LogP contribution in [0.25, 0.3) is 10.8 Å². The molecule has 2 aromatic rings. The van der Waals surface area contributed by atoms with Crippen molar-refractivity contribution in [2.24, 2.45) is 0 Å². The van der Waals surface area contributed by atoms with Crippen molar-refractivity contribution in [2.45, 2.75) is 44.7 Å². The van der Waals surface area contributed by atoms with Crippen molar-refractivity contribution in [3.05, 3.63) is 23.3 Å². The predicted octanol–water partition coefficient (Wildman–Crippen LogP) is 2.93. The molecule has 0 atom stereocenters. The number of nitrogens with zero attached hydrogens (tertiary/aromatic N) is 3. The minimum Gasteiger partial charge on any atom is -0.395 e. The lowest BCUT2D eigenvalue weighted by atomic mass is 9.94. The first-order valence-corrected chi connectivity index (χ1v) is 8.46. The molecular weight excluding hydrogens is 286 g/mol. The fourth-order valence-corrected chi connectivity index (χ4v) is 3.61. The molecular formula is C15H21N3O2S. The minimum atomic E-state index is 0.173. The Bertz CT molecular complexity index is 535. The van der Waals surface area contributed by atoms with Crippen molar-refractivity contribution in [3.8, 4) is 10.8 Å². The highest BCUT2D eigenvalue weighted by molar-refractivity contribution is 7.13. The molecule has 0 amide bonds. The molecule has 5 nitrogen and oxygen atoms in total. The molecule has 114 valence electrons. The summed E-state index contributed by atoms with van der Waals surface area (Å²) in [6.07, 6.45) is 6.29. The monoisotopic (exact) mass is 307 g/mol. The second-order valence-corrected chi connectivity index (χ2v) is 6.43. The van der Waals surface area contributed by atoms with Gasteiger partial charge >= 0.3 is 0 Å². The van der Waals surface area contributed by atoms with E-state index in [1.54, 1.807) is 11.3 Å². The molecule has 1 N–H and O–H groups in total. The average molecular weight is 307 g/mol. The molecule has 0 radical (unpaired) electrons. The predicted molar refractivity (Wildman–Crippen MR) is 82.0 cm³/mol. The van der Waals surface area contributed by atoms with E-state index in [1.165, 1.54) is 32.1 Å². The van der Waals surface area contributed by atoms with Gasteiger partial charge in [0, 0.05) is 12.6 Å². The summed E-state index contributed by atoms with van der Waals surface area (Å²) >= 11 is 1.60. The molecule has 2 aromatic heterocycles. The van der Waals surface area contributed by atoms with Crippen LogP contribution in [0.1, 0.15) is 37.9 Å². The molecule has 0 spiro atoms. The highest BCUT2D eigenvalue weighted by atomic mass is 32.1. The Labute approximate surface area is 128 Å². The van der Waals surface area contributed by atoms with Gasteiger partial charge in [0.2, 0.25) is 0 Å². The standard InChI is InChI=1S/C15H21N3O2S/c19-9-8-18(12-5-2-1-3-6-12)11-14-16-15(20-17-14)13-7-4-10-21-13/h4,7,10,12,19H,1-3,5-6,8-9,11H2. The first kappa shape index (κ1) is 14.7. The third-order valence-electron chi connectivity index (χ3n) is 4.02. The van der Waals surface area contributed by atoms with Crippen LogP contribution in [0.5, 0.6) is 0 Å². The quantitative estimate of drug-likeness (QED) is 0.889. The largest absolute Gasteiger partial charge is 0.395 e. The second-order valence-electron chi connectivity index (χ2n) is 5.48. The van der Waals surface area contributed by atoms with Crippen molar-refractivity contribution in [2.75, 3.05) is 13.2 Å². The van der Waals surface area contributed by atoms with Gasteiger partial charge in [-0.25, -0.2) is 0 Å². The Kier molecular flexibility index (Phi) is 5.00. The Morgan fingerprint density at radius 3 is 2.90 bits per heavy atom. The third kappa shape index (κ3) is 3.70. The van der Waals surface area contributed by atoms with Crippen LogP contribution in [-0.4, -0.2) is 39.3 Å². The second kappa shape index (κ2) is 7.15. The van der Waals surface area contributed by atoms with E-state index in [-0.39, 0.29) is 6.61 Å². The Balaban J connectivity index is 1.67. The van der Waals surface area contributed by atoms with E-state index in [9.17, 15) is 5.11 Å². The van der Waals surface area contributed by atoms with Crippen molar-refractivity contribution in [1.82, 2.24) is 15.0 Å². The summed E-state index contributed by atoms with van der Waals surface area (Å²) in [4.78, 5) is 7.77. The molecule has 0 aromatic carbocycles. The van der Waals surface area contributed by atoms with Crippen LogP contribution >= 0.6 is 11.3 Å². The summed E-state index contributed by atoms with van der Waals surface area (Å²) in [6, 6.07) is 4.49. The maximum atomic E-state index is 9.30. The minimum absolute atomic E-state index is 0.173. The summed E-state index contributed by atoms with van der Waals surface area (Å²) in [5.41, 5.74) is 0. The SMILES string of the molecule is OCCN(Cc1noc(-c2cccs2)n1)C1CCCCC1. The van der Waals surface area contributed by atoms with Gasteiger partial charge in [0.15, 0.2) is 5.82 Å². The summed E-state index contributed by atoms with van der Waals surface area (Å²) in [6.45, 7) is 1.50. The van der Waals surface area contributed by atoms with Crippen LogP contribution in [0, 0.1) is 0 Å². The van der Waals surface area contributed by atoms with Crippen LogP contribution < -0.4 is 0 Å². The van der Waals surface area contributed by atoms with Crippen LogP contribution in [0.2, 0.25) is 0 Å². The normalized spacial score (nSPS) is 16.7. The molecule has 1 aliphatic carbocycles. The van der Waals surface area contributed by atoms with E-state index in [0.29, 0.717) is 30.8 Å². The molecule has 0 saturated heterocycles. The molecule has 1 fully saturated rings. The third-order valence-corrected chi connectivity index (χ3v) is 4.88. The smallest absolute Gasteiger partial charge is 0.268 e. The molecule has 0 bridgehead atoms. The van der Waals surface area contributed by atoms with Gasteiger partial charge in [-0.1, -0.05) is 30.5 Å². The van der Waals surface area contributed by atoms with E-state index in [2.05, 4.69) is 15.0 Å². The lowest BCUT2D eigenvalue weighted by molar-refractivity contribution is 0.113. The fraction of sp³-hybridized carbons (Fsp3) is 0.600. The molecule has 1 aliphatic rings. The van der Waals surface area contributed by atoms with Crippen molar-refractivity contribution < 1.29 is 9.63 Å². The fourth-order valence-electron chi connectivity index (χ4n) is 2.97. The summed E-state index contributed by atoms with van der Waals surface area (Å²) in [5, 5.41) is 15.4. The van der Waals surface area contributed by atoms with Gasteiger partial charge < -0.3 is 9.63 Å². The highest BCUT2D eigenvalue weighted by Gasteiger charge is 2.22. The van der Waals surface area contributed by atoms with Gasteiger partial charge in [0.25, 0.3) is 5.89 Å². The Hall–Kier alpha value is -1.24. The molecule has 0 unspecified atom stereocenters. The van der Waals surface area contributed by atoms with Gasteiger partial charge in [-0.15, -0.1) is 11.3 Å².